The van der Waals surface area contributed by atoms with E-state index in [1.54, 1.807) is 4.90 Å². The van der Waals surface area contributed by atoms with E-state index in [2.05, 4.69) is 27.3 Å². The third-order valence-electron chi connectivity index (χ3n) is 6.25. The van der Waals surface area contributed by atoms with Crippen LogP contribution in [-0.2, 0) is 11.3 Å². The fourth-order valence-electron chi connectivity index (χ4n) is 4.38. The van der Waals surface area contributed by atoms with Crippen molar-refractivity contribution in [2.24, 2.45) is 10.7 Å². The number of carbonyl (C=O) groups excluding carboxylic acids is 1. The van der Waals surface area contributed by atoms with E-state index in [1.165, 1.54) is 5.56 Å². The van der Waals surface area contributed by atoms with Gasteiger partial charge in [-0.05, 0) is 34.9 Å². The SMILES string of the molecule is CN1C=NC(c2ccc(N/C(=C3\C(=O)N(C)c4ccccc43)c3ccc(CN)cc3)cc2)C1. The number of hydrogen-bond acceptors (Lipinski definition) is 5. The summed E-state index contributed by atoms with van der Waals surface area (Å²) in [5.41, 5.74) is 13.2. The van der Waals surface area contributed by atoms with Gasteiger partial charge in [-0.2, -0.15) is 0 Å². The average molecular weight is 438 g/mol. The fourth-order valence-corrected chi connectivity index (χ4v) is 4.38. The third kappa shape index (κ3) is 3.90. The van der Waals surface area contributed by atoms with Gasteiger partial charge in [-0.1, -0.05) is 54.6 Å². The molecule has 0 aromatic heterocycles. The second-order valence-corrected chi connectivity index (χ2v) is 8.50. The summed E-state index contributed by atoms with van der Waals surface area (Å²) in [4.78, 5) is 21.7. The third-order valence-corrected chi connectivity index (χ3v) is 6.25. The van der Waals surface area contributed by atoms with Crippen LogP contribution in [0, 0.1) is 0 Å². The second-order valence-electron chi connectivity index (χ2n) is 8.50. The largest absolute Gasteiger partial charge is 0.363 e. The molecule has 0 fully saturated rings. The summed E-state index contributed by atoms with van der Waals surface area (Å²) in [5, 5.41) is 3.55. The zero-order chi connectivity index (χ0) is 22.9. The molecule has 2 heterocycles. The van der Waals surface area contributed by atoms with E-state index in [-0.39, 0.29) is 11.9 Å². The minimum Gasteiger partial charge on any atom is -0.363 e. The highest BCUT2D eigenvalue weighted by Gasteiger charge is 2.32. The van der Waals surface area contributed by atoms with Crippen LogP contribution in [0.5, 0.6) is 0 Å². The molecule has 5 rings (SSSR count). The number of nitrogens with zero attached hydrogens (tertiary/aromatic N) is 3. The van der Waals surface area contributed by atoms with E-state index in [9.17, 15) is 4.79 Å². The average Bonchev–Trinajstić information content (AvgIpc) is 3.39. The summed E-state index contributed by atoms with van der Waals surface area (Å²) in [6, 6.07) is 24.4. The van der Waals surface area contributed by atoms with Crippen molar-refractivity contribution < 1.29 is 4.79 Å². The molecule has 0 saturated carbocycles. The Kier molecular flexibility index (Phi) is 5.44. The molecule has 6 nitrogen and oxygen atoms in total. The van der Waals surface area contributed by atoms with E-state index in [4.69, 9.17) is 5.73 Å². The van der Waals surface area contributed by atoms with Gasteiger partial charge in [-0.15, -0.1) is 0 Å². The van der Waals surface area contributed by atoms with Crippen molar-refractivity contribution >= 4 is 34.9 Å². The predicted octanol–water partition coefficient (Wildman–Crippen LogP) is 4.12. The van der Waals surface area contributed by atoms with Gasteiger partial charge in [0.1, 0.15) is 0 Å². The van der Waals surface area contributed by atoms with Crippen molar-refractivity contribution in [1.29, 1.82) is 0 Å². The van der Waals surface area contributed by atoms with Crippen LogP contribution in [0.15, 0.2) is 77.8 Å². The number of nitrogens with two attached hydrogens (primary N) is 1. The number of nitrogens with one attached hydrogen (secondary N) is 1. The summed E-state index contributed by atoms with van der Waals surface area (Å²) in [7, 11) is 3.85. The monoisotopic (exact) mass is 437 g/mol. The molecule has 3 aromatic carbocycles. The Labute approximate surface area is 194 Å². The maximum atomic E-state index is 13.3. The van der Waals surface area contributed by atoms with Crippen molar-refractivity contribution in [3.05, 3.63) is 95.1 Å². The molecule has 1 atom stereocenters. The van der Waals surface area contributed by atoms with Crippen molar-refractivity contribution in [3.8, 4) is 0 Å². The summed E-state index contributed by atoms with van der Waals surface area (Å²) in [6.45, 7) is 1.36. The van der Waals surface area contributed by atoms with Gasteiger partial charge >= 0.3 is 0 Å². The Morgan fingerprint density at radius 3 is 2.42 bits per heavy atom. The predicted molar refractivity (Wildman–Crippen MR) is 135 cm³/mol. The number of rotatable bonds is 5. The smallest absolute Gasteiger partial charge is 0.260 e. The normalized spacial score (nSPS) is 18.6. The fraction of sp³-hybridized carbons (Fsp3) is 0.185. The Balaban J connectivity index is 1.56. The number of fused-ring (bicyclic) bond motifs is 1. The number of hydrogen-bond donors (Lipinski definition) is 2. The van der Waals surface area contributed by atoms with Crippen molar-refractivity contribution in [2.75, 3.05) is 30.9 Å². The Hall–Kier alpha value is -3.90. The summed E-state index contributed by atoms with van der Waals surface area (Å²) in [5.74, 6) is -0.0263. The molecule has 0 bridgehead atoms. The molecule has 0 aliphatic carbocycles. The lowest BCUT2D eigenvalue weighted by Crippen LogP contribution is -2.21. The zero-order valence-electron chi connectivity index (χ0n) is 18.8. The number of likely N-dealkylation sites (N-methyl/N-ethyl adjacent to an activating group) is 2. The lowest BCUT2D eigenvalue weighted by molar-refractivity contribution is -0.112. The number of benzene rings is 3. The van der Waals surface area contributed by atoms with E-state index in [0.717, 1.165) is 40.3 Å². The molecule has 0 radical (unpaired) electrons. The van der Waals surface area contributed by atoms with E-state index in [1.807, 2.05) is 81.1 Å². The molecule has 3 N–H and O–H groups in total. The lowest BCUT2D eigenvalue weighted by Gasteiger charge is -2.17. The minimum atomic E-state index is -0.0263. The van der Waals surface area contributed by atoms with Crippen LogP contribution in [0.2, 0.25) is 0 Å². The summed E-state index contributed by atoms with van der Waals surface area (Å²) in [6.07, 6.45) is 1.88. The molecule has 2 aliphatic heterocycles. The number of amides is 1. The van der Waals surface area contributed by atoms with Gasteiger partial charge in [-0.3, -0.25) is 9.79 Å². The van der Waals surface area contributed by atoms with Crippen molar-refractivity contribution in [2.45, 2.75) is 12.6 Å². The maximum absolute atomic E-state index is 13.3. The maximum Gasteiger partial charge on any atom is 0.260 e. The van der Waals surface area contributed by atoms with Crippen LogP contribution in [0.25, 0.3) is 11.3 Å². The van der Waals surface area contributed by atoms with Gasteiger partial charge in [0.25, 0.3) is 5.91 Å². The number of anilines is 2. The van der Waals surface area contributed by atoms with Crippen LogP contribution in [-0.4, -0.2) is 37.8 Å². The minimum absolute atomic E-state index is 0.0263. The van der Waals surface area contributed by atoms with Gasteiger partial charge in [0.05, 0.1) is 29.3 Å². The highest BCUT2D eigenvalue weighted by Crippen LogP contribution is 2.40. The molecule has 1 unspecified atom stereocenters. The van der Waals surface area contributed by atoms with Gasteiger partial charge in [0.15, 0.2) is 0 Å². The standard InChI is InChI=1S/C27H27N5O/c1-31-16-23(29-17-31)19-11-13-21(14-12-19)30-26(20-9-7-18(15-28)8-10-20)25-22-5-3-4-6-24(22)32(2)27(25)33/h3-14,17,23,30H,15-16,28H2,1-2H3/b26-25-. The number of carbonyl (C=O) groups is 1. The van der Waals surface area contributed by atoms with E-state index >= 15 is 0 Å². The molecule has 33 heavy (non-hydrogen) atoms. The van der Waals surface area contributed by atoms with Crippen LogP contribution < -0.4 is 16.0 Å². The summed E-state index contributed by atoms with van der Waals surface area (Å²) < 4.78 is 0. The molecular formula is C27H27N5O. The first-order valence-corrected chi connectivity index (χ1v) is 11.1. The van der Waals surface area contributed by atoms with Crippen LogP contribution in [0.3, 0.4) is 0 Å². The van der Waals surface area contributed by atoms with Gasteiger partial charge in [0.2, 0.25) is 0 Å². The Bertz CT molecular complexity index is 1240. The highest BCUT2D eigenvalue weighted by atomic mass is 16.2. The number of aliphatic imine (C=N–C) groups is 1. The molecule has 0 spiro atoms. The first kappa shape index (κ1) is 21.0. The topological polar surface area (TPSA) is 74.0 Å². The van der Waals surface area contributed by atoms with E-state index < -0.39 is 0 Å². The van der Waals surface area contributed by atoms with E-state index in [0.29, 0.717) is 12.1 Å². The quantitative estimate of drug-likeness (QED) is 0.589. The summed E-state index contributed by atoms with van der Waals surface area (Å²) >= 11 is 0. The molecular weight excluding hydrogens is 410 g/mol. The van der Waals surface area contributed by atoms with Gasteiger partial charge in [-0.25, -0.2) is 0 Å². The van der Waals surface area contributed by atoms with Crippen LogP contribution in [0.1, 0.15) is 28.3 Å². The lowest BCUT2D eigenvalue weighted by atomic mass is 9.99. The van der Waals surface area contributed by atoms with Crippen molar-refractivity contribution in [1.82, 2.24) is 4.90 Å². The molecule has 0 saturated heterocycles. The Morgan fingerprint density at radius 1 is 1.03 bits per heavy atom. The number of para-hydroxylation sites is 1. The first-order valence-electron chi connectivity index (χ1n) is 11.1. The van der Waals surface area contributed by atoms with Gasteiger partial charge < -0.3 is 20.9 Å². The van der Waals surface area contributed by atoms with Crippen LogP contribution >= 0.6 is 0 Å². The highest BCUT2D eigenvalue weighted by molar-refractivity contribution is 6.38. The zero-order valence-corrected chi connectivity index (χ0v) is 18.8. The second kappa shape index (κ2) is 8.56. The van der Waals surface area contributed by atoms with Crippen molar-refractivity contribution in [3.63, 3.8) is 0 Å². The molecule has 6 heteroatoms. The molecule has 2 aliphatic rings. The Morgan fingerprint density at radius 2 is 1.76 bits per heavy atom. The first-order chi connectivity index (χ1) is 16.0. The molecule has 1 amide bonds. The van der Waals surface area contributed by atoms with Crippen LogP contribution in [0.4, 0.5) is 11.4 Å². The molecule has 166 valence electrons. The van der Waals surface area contributed by atoms with Gasteiger partial charge in [0, 0.05) is 38.4 Å². The molecule has 3 aromatic rings.